The van der Waals surface area contributed by atoms with Crippen LogP contribution in [0.1, 0.15) is 29.6 Å². The van der Waals surface area contributed by atoms with E-state index >= 15 is 0 Å². The van der Waals surface area contributed by atoms with Crippen LogP contribution in [-0.4, -0.2) is 24.8 Å². The Bertz CT molecular complexity index is 458. The molecule has 0 bridgehead atoms. The van der Waals surface area contributed by atoms with Crippen molar-refractivity contribution in [2.24, 2.45) is 0 Å². The van der Waals surface area contributed by atoms with Crippen LogP contribution in [0.4, 0.5) is 4.39 Å². The number of aldehydes is 1. The van der Waals surface area contributed by atoms with E-state index in [4.69, 9.17) is 4.74 Å². The van der Waals surface area contributed by atoms with Crippen LogP contribution < -0.4 is 10.1 Å². The second-order valence-corrected chi connectivity index (χ2v) is 4.28. The zero-order valence-corrected chi connectivity index (χ0v) is 9.82. The van der Waals surface area contributed by atoms with Gasteiger partial charge < -0.3 is 10.1 Å². The molecule has 1 aliphatic carbocycles. The van der Waals surface area contributed by atoms with Gasteiger partial charge in [-0.2, -0.15) is 0 Å². The van der Waals surface area contributed by atoms with E-state index < -0.39 is 5.82 Å². The van der Waals surface area contributed by atoms with Crippen LogP contribution in [0.3, 0.4) is 0 Å². The van der Waals surface area contributed by atoms with Crippen LogP contribution in [0.25, 0.3) is 0 Å². The van der Waals surface area contributed by atoms with Gasteiger partial charge in [0.25, 0.3) is 0 Å². The molecule has 5 heteroatoms. The van der Waals surface area contributed by atoms with Crippen molar-refractivity contribution >= 4 is 12.2 Å². The Labute approximate surface area is 104 Å². The van der Waals surface area contributed by atoms with Gasteiger partial charge in [0.1, 0.15) is 17.9 Å². The number of benzene rings is 1. The summed E-state index contributed by atoms with van der Waals surface area (Å²) in [5, 5.41) is 2.82. The molecule has 1 amide bonds. The van der Waals surface area contributed by atoms with E-state index in [0.717, 1.165) is 18.9 Å². The van der Waals surface area contributed by atoms with E-state index in [9.17, 15) is 14.0 Å². The Morgan fingerprint density at radius 2 is 2.22 bits per heavy atom. The zero-order chi connectivity index (χ0) is 13.0. The summed E-state index contributed by atoms with van der Waals surface area (Å²) in [7, 11) is 0. The maximum absolute atomic E-state index is 13.1. The molecule has 0 aromatic heterocycles. The Balaban J connectivity index is 1.79. The van der Waals surface area contributed by atoms with Gasteiger partial charge >= 0.3 is 0 Å². The van der Waals surface area contributed by atoms with Gasteiger partial charge in [-0.15, -0.1) is 0 Å². The molecule has 0 radical (unpaired) electrons. The molecule has 0 aliphatic heterocycles. The third kappa shape index (κ3) is 3.84. The van der Waals surface area contributed by atoms with Crippen LogP contribution >= 0.6 is 0 Å². The zero-order valence-electron chi connectivity index (χ0n) is 9.82. The number of amides is 1. The molecule has 0 atom stereocenters. The SMILES string of the molecule is O=Cc1cc(F)cc(OCCC(=O)NC2CC2)c1. The maximum Gasteiger partial charge on any atom is 0.223 e. The third-order valence-corrected chi connectivity index (χ3v) is 2.57. The fourth-order valence-electron chi connectivity index (χ4n) is 1.52. The fourth-order valence-corrected chi connectivity index (χ4v) is 1.52. The van der Waals surface area contributed by atoms with Crippen molar-refractivity contribution in [3.8, 4) is 5.75 Å². The first kappa shape index (κ1) is 12.5. The van der Waals surface area contributed by atoms with Crippen molar-refractivity contribution in [2.75, 3.05) is 6.61 Å². The lowest BCUT2D eigenvalue weighted by molar-refractivity contribution is -0.121. The van der Waals surface area contributed by atoms with Crippen molar-refractivity contribution in [3.63, 3.8) is 0 Å². The number of carbonyl (C=O) groups excluding carboxylic acids is 2. The van der Waals surface area contributed by atoms with E-state index in [1.165, 1.54) is 12.1 Å². The lowest BCUT2D eigenvalue weighted by Crippen LogP contribution is -2.26. The highest BCUT2D eigenvalue weighted by atomic mass is 19.1. The van der Waals surface area contributed by atoms with Crippen LogP contribution in [0.15, 0.2) is 18.2 Å². The minimum Gasteiger partial charge on any atom is -0.493 e. The second-order valence-electron chi connectivity index (χ2n) is 4.28. The van der Waals surface area contributed by atoms with Crippen LogP contribution in [0.2, 0.25) is 0 Å². The van der Waals surface area contributed by atoms with Gasteiger partial charge in [0.2, 0.25) is 5.91 Å². The molecule has 4 nitrogen and oxygen atoms in total. The summed E-state index contributed by atoms with van der Waals surface area (Å²) in [6, 6.07) is 4.08. The number of hydrogen-bond acceptors (Lipinski definition) is 3. The largest absolute Gasteiger partial charge is 0.493 e. The summed E-state index contributed by atoms with van der Waals surface area (Å²) in [6.45, 7) is 0.167. The van der Waals surface area contributed by atoms with Crippen molar-refractivity contribution in [1.29, 1.82) is 0 Å². The van der Waals surface area contributed by atoms with Gasteiger partial charge in [0.15, 0.2) is 0 Å². The van der Waals surface area contributed by atoms with Crippen LogP contribution in [0.5, 0.6) is 5.75 Å². The topological polar surface area (TPSA) is 55.4 Å². The number of nitrogens with one attached hydrogen (secondary N) is 1. The van der Waals surface area contributed by atoms with Crippen LogP contribution in [0, 0.1) is 5.82 Å². The maximum atomic E-state index is 13.1. The van der Waals surface area contributed by atoms with E-state index in [-0.39, 0.29) is 30.2 Å². The number of halogens is 1. The highest BCUT2D eigenvalue weighted by molar-refractivity contribution is 5.77. The number of hydrogen-bond donors (Lipinski definition) is 1. The Kier molecular flexibility index (Phi) is 3.92. The molecule has 1 aliphatic rings. The van der Waals surface area contributed by atoms with E-state index in [2.05, 4.69) is 5.32 Å². The Hall–Kier alpha value is -1.91. The van der Waals surface area contributed by atoms with Crippen molar-refractivity contribution in [3.05, 3.63) is 29.6 Å². The molecule has 1 aromatic carbocycles. The van der Waals surface area contributed by atoms with Crippen molar-refractivity contribution < 1.29 is 18.7 Å². The molecule has 1 saturated carbocycles. The lowest BCUT2D eigenvalue weighted by Gasteiger charge is -2.07. The van der Waals surface area contributed by atoms with Gasteiger partial charge in [-0.05, 0) is 25.0 Å². The summed E-state index contributed by atoms with van der Waals surface area (Å²) >= 11 is 0. The van der Waals surface area contributed by atoms with Crippen molar-refractivity contribution in [2.45, 2.75) is 25.3 Å². The minimum atomic E-state index is -0.531. The predicted molar refractivity (Wildman–Crippen MR) is 63.1 cm³/mol. The predicted octanol–water partition coefficient (Wildman–Crippen LogP) is 1.69. The molecule has 0 unspecified atom stereocenters. The monoisotopic (exact) mass is 251 g/mol. The first-order valence-corrected chi connectivity index (χ1v) is 5.85. The lowest BCUT2D eigenvalue weighted by atomic mass is 10.2. The third-order valence-electron chi connectivity index (χ3n) is 2.57. The first-order valence-electron chi connectivity index (χ1n) is 5.85. The van der Waals surface area contributed by atoms with Gasteiger partial charge in [-0.1, -0.05) is 0 Å². The molecule has 2 rings (SSSR count). The molecular formula is C13H14FNO3. The van der Waals surface area contributed by atoms with Gasteiger partial charge in [-0.25, -0.2) is 4.39 Å². The molecule has 1 fully saturated rings. The number of ether oxygens (including phenoxy) is 1. The fraction of sp³-hybridized carbons (Fsp3) is 0.385. The van der Waals surface area contributed by atoms with Crippen molar-refractivity contribution in [1.82, 2.24) is 5.32 Å². The summed E-state index contributed by atoms with van der Waals surface area (Å²) in [5.41, 5.74) is 0.215. The standard InChI is InChI=1S/C13H14FNO3/c14-10-5-9(8-16)6-12(7-10)18-4-3-13(17)15-11-1-2-11/h5-8,11H,1-4H2,(H,15,17). The Morgan fingerprint density at radius 1 is 1.44 bits per heavy atom. The summed E-state index contributed by atoms with van der Waals surface area (Å²) in [6.07, 6.45) is 2.86. The van der Waals surface area contributed by atoms with Crippen LogP contribution in [-0.2, 0) is 4.79 Å². The highest BCUT2D eigenvalue weighted by Gasteiger charge is 2.22. The highest BCUT2D eigenvalue weighted by Crippen LogP contribution is 2.19. The molecule has 0 saturated heterocycles. The second kappa shape index (κ2) is 5.62. The number of rotatable bonds is 6. The molecule has 1 aromatic rings. The van der Waals surface area contributed by atoms with E-state index in [1.807, 2.05) is 0 Å². The van der Waals surface area contributed by atoms with Gasteiger partial charge in [-0.3, -0.25) is 9.59 Å². The quantitative estimate of drug-likeness (QED) is 0.783. The molecule has 0 heterocycles. The first-order chi connectivity index (χ1) is 8.67. The Morgan fingerprint density at radius 3 is 2.89 bits per heavy atom. The summed E-state index contributed by atoms with van der Waals surface area (Å²) in [5.74, 6) is -0.335. The average molecular weight is 251 g/mol. The van der Waals surface area contributed by atoms with Gasteiger partial charge in [0.05, 0.1) is 13.0 Å². The van der Waals surface area contributed by atoms with E-state index in [0.29, 0.717) is 12.3 Å². The summed E-state index contributed by atoms with van der Waals surface area (Å²) < 4.78 is 18.3. The molecule has 0 spiro atoms. The normalized spacial score (nSPS) is 14.1. The van der Waals surface area contributed by atoms with E-state index in [1.54, 1.807) is 0 Å². The average Bonchev–Trinajstić information content (AvgIpc) is 3.12. The minimum absolute atomic E-state index is 0.0653. The van der Waals surface area contributed by atoms with Gasteiger partial charge in [0, 0.05) is 17.7 Å². The summed E-state index contributed by atoms with van der Waals surface area (Å²) in [4.78, 5) is 21.9. The molecule has 18 heavy (non-hydrogen) atoms. The smallest absolute Gasteiger partial charge is 0.223 e. The molecule has 1 N–H and O–H groups in total. The number of carbonyl (C=O) groups is 2. The molecule has 96 valence electrons. The molecular weight excluding hydrogens is 237 g/mol.